The Bertz CT molecular complexity index is 624. The van der Waals surface area contributed by atoms with E-state index >= 15 is 0 Å². The molecule has 142 valence electrons. The zero-order valence-electron chi connectivity index (χ0n) is 15.7. The summed E-state index contributed by atoms with van der Waals surface area (Å²) >= 11 is 0. The number of methoxy groups -OCH3 is 1. The Balaban J connectivity index is 3.15. The summed E-state index contributed by atoms with van der Waals surface area (Å²) in [6.07, 6.45) is 2.50. The van der Waals surface area contributed by atoms with Crippen molar-refractivity contribution in [3.05, 3.63) is 60.0 Å². The summed E-state index contributed by atoms with van der Waals surface area (Å²) in [6.45, 7) is 7.61. The minimum atomic E-state index is -0.891. The van der Waals surface area contributed by atoms with E-state index in [9.17, 15) is 9.59 Å². The molecular weight excluding hydrogens is 334 g/mol. The van der Waals surface area contributed by atoms with Crippen LogP contribution < -0.4 is 0 Å². The molecular formula is C20H27NO5. The topological polar surface area (TPSA) is 65.1 Å². The highest BCUT2D eigenvalue weighted by atomic mass is 16.7. The van der Waals surface area contributed by atoms with Crippen LogP contribution in [0.4, 0.5) is 9.59 Å². The second kappa shape index (κ2) is 11.7. The zero-order chi connectivity index (χ0) is 19.4. The molecule has 0 N–H and O–H groups in total. The third-order valence-corrected chi connectivity index (χ3v) is 3.59. The van der Waals surface area contributed by atoms with E-state index in [0.717, 1.165) is 24.0 Å². The van der Waals surface area contributed by atoms with Crippen LogP contribution in [0.5, 0.6) is 0 Å². The van der Waals surface area contributed by atoms with E-state index < -0.39 is 12.2 Å². The highest BCUT2D eigenvalue weighted by Crippen LogP contribution is 2.21. The fraction of sp³-hybridized carbons (Fsp3) is 0.400. The molecule has 0 aliphatic heterocycles. The van der Waals surface area contributed by atoms with Crippen LogP contribution in [0, 0.1) is 0 Å². The number of ether oxygens (including phenoxy) is 3. The molecule has 0 heterocycles. The van der Waals surface area contributed by atoms with Crippen LogP contribution >= 0.6 is 0 Å². The molecule has 1 aromatic rings. The highest BCUT2D eigenvalue weighted by molar-refractivity contribution is 5.71. The predicted octanol–water partition coefficient (Wildman–Crippen LogP) is 5.02. The lowest BCUT2D eigenvalue weighted by atomic mass is 10.1. The van der Waals surface area contributed by atoms with E-state index in [0.29, 0.717) is 6.42 Å². The summed E-state index contributed by atoms with van der Waals surface area (Å²) < 4.78 is 15.1. The van der Waals surface area contributed by atoms with Crippen LogP contribution in [0.1, 0.15) is 38.7 Å². The number of amides is 1. The van der Waals surface area contributed by atoms with Gasteiger partial charge in [-0.15, -0.1) is 0 Å². The molecule has 0 spiro atoms. The van der Waals surface area contributed by atoms with Crippen molar-refractivity contribution in [2.24, 2.45) is 0 Å². The minimum absolute atomic E-state index is 0.0248. The molecule has 0 saturated carbocycles. The van der Waals surface area contributed by atoms with Gasteiger partial charge in [-0.05, 0) is 30.9 Å². The van der Waals surface area contributed by atoms with Gasteiger partial charge in [0.05, 0.1) is 13.7 Å². The fourth-order valence-corrected chi connectivity index (χ4v) is 2.25. The summed E-state index contributed by atoms with van der Waals surface area (Å²) in [5.74, 6) is 0.142. The second-order valence-electron chi connectivity index (χ2n) is 5.68. The van der Waals surface area contributed by atoms with Gasteiger partial charge in [0.2, 0.25) is 5.88 Å². The van der Waals surface area contributed by atoms with E-state index in [1.807, 2.05) is 37.3 Å². The van der Waals surface area contributed by atoms with Crippen LogP contribution in [0.15, 0.2) is 54.4 Å². The molecule has 1 amide bonds. The summed E-state index contributed by atoms with van der Waals surface area (Å²) in [5.41, 5.74) is 1.64. The summed E-state index contributed by atoms with van der Waals surface area (Å²) in [4.78, 5) is 25.6. The van der Waals surface area contributed by atoms with Crippen LogP contribution in [-0.4, -0.2) is 30.9 Å². The van der Waals surface area contributed by atoms with Gasteiger partial charge in [-0.25, -0.2) is 14.5 Å². The van der Waals surface area contributed by atoms with E-state index in [4.69, 9.17) is 14.2 Å². The summed E-state index contributed by atoms with van der Waals surface area (Å²) in [5, 5.41) is 0. The average Bonchev–Trinajstić information content (AvgIpc) is 2.67. The molecule has 0 aliphatic carbocycles. The van der Waals surface area contributed by atoms with Crippen LogP contribution in [-0.2, 0) is 20.8 Å². The quantitative estimate of drug-likeness (QED) is 0.351. The smallest absolute Gasteiger partial charge is 0.452 e. The molecule has 0 radical (unpaired) electrons. The third kappa shape index (κ3) is 7.01. The highest BCUT2D eigenvalue weighted by Gasteiger charge is 2.25. The number of benzene rings is 1. The number of hydrogen-bond donors (Lipinski definition) is 0. The lowest BCUT2D eigenvalue weighted by Crippen LogP contribution is -2.33. The molecule has 1 aromatic carbocycles. The number of unbranched alkanes of at least 4 members (excludes halogenated alkanes) is 1. The maximum Gasteiger partial charge on any atom is 0.515 e. The fourth-order valence-electron chi connectivity index (χ4n) is 2.25. The molecule has 0 aromatic heterocycles. The molecule has 0 unspecified atom stereocenters. The zero-order valence-corrected chi connectivity index (χ0v) is 15.7. The Morgan fingerprint density at radius 3 is 2.50 bits per heavy atom. The van der Waals surface area contributed by atoms with Crippen molar-refractivity contribution in [1.82, 2.24) is 4.90 Å². The average molecular weight is 361 g/mol. The van der Waals surface area contributed by atoms with Gasteiger partial charge in [0, 0.05) is 0 Å². The Hall–Kier alpha value is -2.76. The van der Waals surface area contributed by atoms with Crippen molar-refractivity contribution >= 4 is 12.2 Å². The van der Waals surface area contributed by atoms with Gasteiger partial charge in [0.1, 0.15) is 6.61 Å². The van der Waals surface area contributed by atoms with Crippen molar-refractivity contribution < 1.29 is 23.8 Å². The molecule has 0 atom stereocenters. The number of carbonyl (C=O) groups excluding carboxylic acids is 2. The SMILES string of the molecule is C=CCOC(=O)O/C(=C(\C)CCCC)N(Cc1ccccc1)C(=O)OC. The first kappa shape index (κ1) is 21.3. The molecule has 0 bridgehead atoms. The Kier molecular flexibility index (Phi) is 9.61. The van der Waals surface area contributed by atoms with Gasteiger partial charge in [-0.3, -0.25) is 0 Å². The van der Waals surface area contributed by atoms with Crippen molar-refractivity contribution in [2.75, 3.05) is 13.7 Å². The van der Waals surface area contributed by atoms with Gasteiger partial charge in [-0.1, -0.05) is 56.3 Å². The molecule has 6 nitrogen and oxygen atoms in total. The van der Waals surface area contributed by atoms with Crippen LogP contribution in [0.25, 0.3) is 0 Å². The predicted molar refractivity (Wildman–Crippen MR) is 99.2 cm³/mol. The number of carbonyl (C=O) groups is 2. The van der Waals surface area contributed by atoms with Crippen LogP contribution in [0.3, 0.4) is 0 Å². The van der Waals surface area contributed by atoms with E-state index in [-0.39, 0.29) is 19.0 Å². The number of rotatable bonds is 9. The van der Waals surface area contributed by atoms with Crippen molar-refractivity contribution in [3.8, 4) is 0 Å². The standard InChI is InChI=1S/C20H27NO5/c1-5-7-11-16(3)18(26-20(23)25-14-6-2)21(19(22)24-4)15-17-12-9-8-10-13-17/h6,8-10,12-13H,2,5,7,11,14-15H2,1,3-4H3/b18-16+. The lowest BCUT2D eigenvalue weighted by Gasteiger charge is -2.25. The van der Waals surface area contributed by atoms with E-state index in [1.54, 1.807) is 0 Å². The molecule has 0 aliphatic rings. The minimum Gasteiger partial charge on any atom is -0.452 e. The number of allylic oxidation sites excluding steroid dienone is 1. The van der Waals surface area contributed by atoms with Gasteiger partial charge >= 0.3 is 12.2 Å². The first-order valence-electron chi connectivity index (χ1n) is 8.58. The Morgan fingerprint density at radius 1 is 1.23 bits per heavy atom. The van der Waals surface area contributed by atoms with E-state index in [1.165, 1.54) is 18.1 Å². The maximum atomic E-state index is 12.4. The lowest BCUT2D eigenvalue weighted by molar-refractivity contribution is 0.0533. The Morgan fingerprint density at radius 2 is 1.92 bits per heavy atom. The maximum absolute atomic E-state index is 12.4. The van der Waals surface area contributed by atoms with Crippen molar-refractivity contribution in [1.29, 1.82) is 0 Å². The molecule has 26 heavy (non-hydrogen) atoms. The molecule has 6 heteroatoms. The van der Waals surface area contributed by atoms with Gasteiger partial charge in [-0.2, -0.15) is 0 Å². The molecule has 0 saturated heterocycles. The van der Waals surface area contributed by atoms with Crippen molar-refractivity contribution in [3.63, 3.8) is 0 Å². The first-order chi connectivity index (χ1) is 12.5. The number of hydrogen-bond acceptors (Lipinski definition) is 5. The van der Waals surface area contributed by atoms with E-state index in [2.05, 4.69) is 13.5 Å². The third-order valence-electron chi connectivity index (χ3n) is 3.59. The Labute approximate surface area is 155 Å². The largest absolute Gasteiger partial charge is 0.515 e. The van der Waals surface area contributed by atoms with Gasteiger partial charge < -0.3 is 14.2 Å². The van der Waals surface area contributed by atoms with Gasteiger partial charge in [0.25, 0.3) is 0 Å². The molecule has 1 rings (SSSR count). The normalized spacial score (nSPS) is 11.2. The summed E-state index contributed by atoms with van der Waals surface area (Å²) in [7, 11) is 1.29. The van der Waals surface area contributed by atoms with Crippen LogP contribution in [0.2, 0.25) is 0 Å². The van der Waals surface area contributed by atoms with Gasteiger partial charge in [0.15, 0.2) is 0 Å². The number of nitrogens with zero attached hydrogens (tertiary/aromatic N) is 1. The van der Waals surface area contributed by atoms with Crippen molar-refractivity contribution in [2.45, 2.75) is 39.7 Å². The molecule has 0 fully saturated rings. The monoisotopic (exact) mass is 361 g/mol. The second-order valence-corrected chi connectivity index (χ2v) is 5.68. The first-order valence-corrected chi connectivity index (χ1v) is 8.58. The summed E-state index contributed by atoms with van der Waals surface area (Å²) in [6, 6.07) is 9.39.